The number of H-pyrrole nitrogens is 1. The van der Waals surface area contributed by atoms with Gasteiger partial charge in [0.15, 0.2) is 5.82 Å². The fourth-order valence-electron chi connectivity index (χ4n) is 3.75. The molecule has 128 valence electrons. The summed E-state index contributed by atoms with van der Waals surface area (Å²) >= 11 is 0. The summed E-state index contributed by atoms with van der Waals surface area (Å²) in [5, 5.41) is 7.48. The van der Waals surface area contributed by atoms with Gasteiger partial charge in [-0.3, -0.25) is 9.89 Å². The van der Waals surface area contributed by atoms with Crippen LogP contribution in [0, 0.1) is 18.8 Å². The van der Waals surface area contributed by atoms with E-state index < -0.39 is 0 Å². The number of aromatic amines is 1. The molecule has 4 rings (SSSR count). The van der Waals surface area contributed by atoms with E-state index in [4.69, 9.17) is 9.40 Å². The summed E-state index contributed by atoms with van der Waals surface area (Å²) in [4.78, 5) is 19.5. The van der Waals surface area contributed by atoms with Crippen molar-refractivity contribution in [2.75, 3.05) is 13.1 Å². The largest absolute Gasteiger partial charge is 0.471 e. The highest BCUT2D eigenvalue weighted by atomic mass is 16.3. The Morgan fingerprint density at radius 1 is 1.33 bits per heavy atom. The summed E-state index contributed by atoms with van der Waals surface area (Å²) in [5.41, 5.74) is 1.57. The first-order valence-corrected chi connectivity index (χ1v) is 8.79. The van der Waals surface area contributed by atoms with Crippen molar-refractivity contribution >= 4 is 5.91 Å². The van der Waals surface area contributed by atoms with Crippen LogP contribution in [0.25, 0.3) is 0 Å². The van der Waals surface area contributed by atoms with Crippen molar-refractivity contribution in [1.82, 2.24) is 20.1 Å². The summed E-state index contributed by atoms with van der Waals surface area (Å²) in [5.74, 6) is 3.62. The molecule has 2 aromatic rings. The molecular weight excluding hydrogens is 304 g/mol. The normalized spacial score (nSPS) is 24.1. The van der Waals surface area contributed by atoms with Gasteiger partial charge in [-0.25, -0.2) is 4.98 Å². The van der Waals surface area contributed by atoms with Crippen LogP contribution in [0.2, 0.25) is 0 Å². The van der Waals surface area contributed by atoms with E-state index in [0.717, 1.165) is 23.8 Å². The molecule has 2 atom stereocenters. The van der Waals surface area contributed by atoms with Gasteiger partial charge in [0.25, 0.3) is 5.91 Å². The van der Waals surface area contributed by atoms with Crippen LogP contribution in [-0.4, -0.2) is 39.1 Å². The van der Waals surface area contributed by atoms with Crippen molar-refractivity contribution in [3.63, 3.8) is 0 Å². The summed E-state index contributed by atoms with van der Waals surface area (Å²) in [6.45, 7) is 7.61. The molecule has 2 aliphatic rings. The molecule has 1 aliphatic heterocycles. The number of aryl methyl sites for hydroxylation is 1. The molecule has 6 heteroatoms. The van der Waals surface area contributed by atoms with Crippen molar-refractivity contribution in [2.24, 2.45) is 11.8 Å². The Hall–Kier alpha value is -2.11. The van der Waals surface area contributed by atoms with Crippen molar-refractivity contribution in [3.05, 3.63) is 35.3 Å². The minimum atomic E-state index is 0.0676. The summed E-state index contributed by atoms with van der Waals surface area (Å²) in [6, 6.07) is 0. The quantitative estimate of drug-likeness (QED) is 0.936. The Morgan fingerprint density at radius 2 is 2.12 bits per heavy atom. The lowest BCUT2D eigenvalue weighted by Crippen LogP contribution is -2.29. The molecule has 0 bridgehead atoms. The number of hydrogen-bond acceptors (Lipinski definition) is 4. The Labute approximate surface area is 141 Å². The molecular formula is C18H24N4O2. The Balaban J connectivity index is 1.57. The van der Waals surface area contributed by atoms with Crippen LogP contribution in [0.3, 0.4) is 0 Å². The second-order valence-corrected chi connectivity index (χ2v) is 7.52. The molecule has 0 spiro atoms. The van der Waals surface area contributed by atoms with E-state index in [1.165, 1.54) is 12.8 Å². The van der Waals surface area contributed by atoms with Crippen LogP contribution in [0.15, 0.2) is 16.9 Å². The minimum absolute atomic E-state index is 0.0676. The van der Waals surface area contributed by atoms with E-state index in [1.54, 1.807) is 12.5 Å². The number of hydrogen-bond donors (Lipinski definition) is 1. The smallest absolute Gasteiger partial charge is 0.257 e. The number of carbonyl (C=O) groups excluding carboxylic acids is 1. The lowest BCUT2D eigenvalue weighted by atomic mass is 9.91. The second kappa shape index (κ2) is 5.76. The van der Waals surface area contributed by atoms with Gasteiger partial charge < -0.3 is 9.32 Å². The number of furan rings is 1. The van der Waals surface area contributed by atoms with Gasteiger partial charge in [0.2, 0.25) is 0 Å². The van der Waals surface area contributed by atoms with Gasteiger partial charge in [0.05, 0.1) is 11.8 Å². The molecule has 1 saturated carbocycles. The van der Waals surface area contributed by atoms with E-state index in [9.17, 15) is 4.79 Å². The van der Waals surface area contributed by atoms with Crippen LogP contribution in [0.5, 0.6) is 0 Å². The average Bonchev–Trinajstić information content (AvgIpc) is 2.99. The molecule has 2 aromatic heterocycles. The molecule has 1 amide bonds. The van der Waals surface area contributed by atoms with Gasteiger partial charge in [-0.2, -0.15) is 5.10 Å². The van der Waals surface area contributed by atoms with Crippen molar-refractivity contribution < 1.29 is 9.21 Å². The zero-order chi connectivity index (χ0) is 16.8. The first kappa shape index (κ1) is 15.4. The van der Waals surface area contributed by atoms with Crippen LogP contribution >= 0.6 is 0 Å². The second-order valence-electron chi connectivity index (χ2n) is 7.52. The van der Waals surface area contributed by atoms with Crippen molar-refractivity contribution in [2.45, 2.75) is 45.4 Å². The number of aromatic nitrogens is 3. The maximum Gasteiger partial charge on any atom is 0.257 e. The van der Waals surface area contributed by atoms with Gasteiger partial charge in [0.1, 0.15) is 12.1 Å². The molecule has 0 aromatic carbocycles. The van der Waals surface area contributed by atoms with Crippen LogP contribution in [0.4, 0.5) is 0 Å². The average molecular weight is 328 g/mol. The predicted molar refractivity (Wildman–Crippen MR) is 88.8 cm³/mol. The SMILES string of the molecule is Cc1cocc1C(=O)N1C[C@H](c2nc(C(C)C)n[nH]2)[C@@H](C2CC2)C1. The maximum atomic E-state index is 12.8. The van der Waals surface area contributed by atoms with E-state index in [0.29, 0.717) is 29.9 Å². The molecule has 1 aliphatic carbocycles. The highest BCUT2D eigenvalue weighted by molar-refractivity contribution is 5.95. The lowest BCUT2D eigenvalue weighted by Gasteiger charge is -2.15. The first-order chi connectivity index (χ1) is 11.5. The van der Waals surface area contributed by atoms with Crippen LogP contribution in [-0.2, 0) is 0 Å². The molecule has 1 saturated heterocycles. The Morgan fingerprint density at radius 3 is 2.71 bits per heavy atom. The maximum absolute atomic E-state index is 12.8. The van der Waals surface area contributed by atoms with Gasteiger partial charge in [-0.1, -0.05) is 13.8 Å². The molecule has 0 radical (unpaired) electrons. The van der Waals surface area contributed by atoms with Gasteiger partial charge in [-0.05, 0) is 37.2 Å². The van der Waals surface area contributed by atoms with Gasteiger partial charge in [-0.15, -0.1) is 0 Å². The predicted octanol–water partition coefficient (Wildman–Crippen LogP) is 3.10. The third-order valence-corrected chi connectivity index (χ3v) is 5.35. The van der Waals surface area contributed by atoms with E-state index >= 15 is 0 Å². The molecule has 24 heavy (non-hydrogen) atoms. The molecule has 0 unspecified atom stereocenters. The van der Waals surface area contributed by atoms with Crippen molar-refractivity contribution in [1.29, 1.82) is 0 Å². The topological polar surface area (TPSA) is 75.0 Å². The number of likely N-dealkylation sites (tertiary alicyclic amines) is 1. The van der Waals surface area contributed by atoms with Crippen LogP contribution in [0.1, 0.15) is 66.1 Å². The molecule has 2 fully saturated rings. The highest BCUT2D eigenvalue weighted by Gasteiger charge is 2.46. The minimum Gasteiger partial charge on any atom is -0.471 e. The third-order valence-electron chi connectivity index (χ3n) is 5.35. The number of nitrogens with zero attached hydrogens (tertiary/aromatic N) is 3. The number of amides is 1. The Kier molecular flexibility index (Phi) is 3.70. The first-order valence-electron chi connectivity index (χ1n) is 8.79. The van der Waals surface area contributed by atoms with Crippen molar-refractivity contribution in [3.8, 4) is 0 Å². The standard InChI is InChI=1S/C18H24N4O2/c1-10(2)16-19-17(21-20-16)14-7-22(6-13(14)12-4-5-12)18(23)15-9-24-8-11(15)3/h8-10,12-14H,4-7H2,1-3H3,(H,19,20,21)/t13-,14+/m1/s1. The lowest BCUT2D eigenvalue weighted by molar-refractivity contribution is 0.0783. The monoisotopic (exact) mass is 328 g/mol. The zero-order valence-electron chi connectivity index (χ0n) is 14.5. The summed E-state index contributed by atoms with van der Waals surface area (Å²) in [7, 11) is 0. The molecule has 3 heterocycles. The van der Waals surface area contributed by atoms with E-state index in [1.807, 2.05) is 11.8 Å². The molecule has 1 N–H and O–H groups in total. The number of carbonyl (C=O) groups is 1. The molecule has 6 nitrogen and oxygen atoms in total. The summed E-state index contributed by atoms with van der Waals surface area (Å²) < 4.78 is 5.18. The summed E-state index contributed by atoms with van der Waals surface area (Å²) in [6.07, 6.45) is 5.71. The van der Waals surface area contributed by atoms with Crippen LogP contribution < -0.4 is 0 Å². The fourth-order valence-corrected chi connectivity index (χ4v) is 3.75. The highest BCUT2D eigenvalue weighted by Crippen LogP contribution is 2.47. The fraction of sp³-hybridized carbons (Fsp3) is 0.611. The number of rotatable bonds is 4. The number of nitrogens with one attached hydrogen (secondary N) is 1. The zero-order valence-corrected chi connectivity index (χ0v) is 14.5. The van der Waals surface area contributed by atoms with E-state index in [-0.39, 0.29) is 11.8 Å². The Bertz CT molecular complexity index is 744. The van der Waals surface area contributed by atoms with E-state index in [2.05, 4.69) is 24.0 Å². The van der Waals surface area contributed by atoms with Gasteiger partial charge in [0, 0.05) is 24.9 Å². The van der Waals surface area contributed by atoms with Gasteiger partial charge >= 0.3 is 0 Å². The third kappa shape index (κ3) is 2.64.